The first-order chi connectivity index (χ1) is 14.2. The van der Waals surface area contributed by atoms with E-state index in [1.807, 2.05) is 33.8 Å². The first-order valence-electron chi connectivity index (χ1n) is 10.5. The van der Waals surface area contributed by atoms with Crippen LogP contribution in [-0.4, -0.2) is 46.5 Å². The van der Waals surface area contributed by atoms with Gasteiger partial charge in [0.05, 0.1) is 5.69 Å². The van der Waals surface area contributed by atoms with Gasteiger partial charge in [-0.1, -0.05) is 27.7 Å². The van der Waals surface area contributed by atoms with Crippen LogP contribution in [0, 0.1) is 17.7 Å². The second kappa shape index (κ2) is 10.9. The summed E-state index contributed by atoms with van der Waals surface area (Å²) in [6.45, 7) is 8.41. The van der Waals surface area contributed by atoms with E-state index in [0.717, 1.165) is 29.8 Å². The Morgan fingerprint density at radius 2 is 1.83 bits per heavy atom. The maximum atomic E-state index is 13.1. The molecular formula is C23H33FN4O2. The Morgan fingerprint density at radius 3 is 2.43 bits per heavy atom. The predicted molar refractivity (Wildman–Crippen MR) is 116 cm³/mol. The number of carbonyl (C=O) groups is 2. The van der Waals surface area contributed by atoms with Gasteiger partial charge in [0.2, 0.25) is 11.8 Å². The number of H-pyrrole nitrogens is 1. The highest BCUT2D eigenvalue weighted by Gasteiger charge is 2.26. The third kappa shape index (κ3) is 6.97. The Hall–Kier alpha value is -2.70. The van der Waals surface area contributed by atoms with Gasteiger partial charge in [-0.05, 0) is 55.0 Å². The Bertz CT molecular complexity index is 830. The molecule has 0 bridgehead atoms. The molecule has 2 N–H and O–H groups in total. The Morgan fingerprint density at radius 1 is 1.17 bits per heavy atom. The van der Waals surface area contributed by atoms with Crippen molar-refractivity contribution in [3.8, 4) is 11.3 Å². The van der Waals surface area contributed by atoms with E-state index in [1.54, 1.807) is 24.1 Å². The van der Waals surface area contributed by atoms with Gasteiger partial charge < -0.3 is 10.2 Å². The fourth-order valence-corrected chi connectivity index (χ4v) is 3.23. The minimum atomic E-state index is -0.515. The molecule has 0 aliphatic rings. The van der Waals surface area contributed by atoms with Crippen LogP contribution in [0.1, 0.15) is 46.2 Å². The molecule has 2 aromatic rings. The highest BCUT2D eigenvalue weighted by molar-refractivity contribution is 5.87. The number of nitrogens with zero attached hydrogens (tertiary/aromatic N) is 2. The highest BCUT2D eigenvalue weighted by Crippen LogP contribution is 2.18. The summed E-state index contributed by atoms with van der Waals surface area (Å²) in [4.78, 5) is 26.6. The van der Waals surface area contributed by atoms with Crippen LogP contribution in [-0.2, 0) is 16.0 Å². The zero-order valence-corrected chi connectivity index (χ0v) is 18.5. The minimum absolute atomic E-state index is 0.0157. The molecule has 1 aromatic carbocycles. The van der Waals surface area contributed by atoms with E-state index in [9.17, 15) is 14.0 Å². The molecule has 164 valence electrons. The Labute approximate surface area is 178 Å². The van der Waals surface area contributed by atoms with Gasteiger partial charge in [0.25, 0.3) is 0 Å². The molecule has 0 spiro atoms. The van der Waals surface area contributed by atoms with Gasteiger partial charge in [-0.3, -0.25) is 14.7 Å². The molecule has 6 nitrogen and oxygen atoms in total. The van der Waals surface area contributed by atoms with Crippen LogP contribution in [0.4, 0.5) is 4.39 Å². The van der Waals surface area contributed by atoms with Crippen LogP contribution in [0.25, 0.3) is 11.3 Å². The van der Waals surface area contributed by atoms with Gasteiger partial charge in [0.1, 0.15) is 11.9 Å². The standard InChI is InChI=1S/C23H33FN4O2/c1-15(2)13-21(29)25-22(16(3)4)23(30)28(5)12-6-7-19-14-20(27-26-19)17-8-10-18(24)11-9-17/h8-11,14-16,22H,6-7,12-13H2,1-5H3,(H,25,29)(H,26,27). The number of aryl methyl sites for hydroxylation is 1. The van der Waals surface area contributed by atoms with Gasteiger partial charge in [0, 0.05) is 31.3 Å². The van der Waals surface area contributed by atoms with Crippen molar-refractivity contribution in [1.82, 2.24) is 20.4 Å². The lowest BCUT2D eigenvalue weighted by molar-refractivity contribution is -0.136. The number of amides is 2. The zero-order valence-electron chi connectivity index (χ0n) is 18.5. The summed E-state index contributed by atoms with van der Waals surface area (Å²) in [6.07, 6.45) is 1.91. The average Bonchev–Trinajstić information content (AvgIpc) is 3.14. The van der Waals surface area contributed by atoms with Gasteiger partial charge in [-0.15, -0.1) is 0 Å². The first kappa shape index (κ1) is 23.6. The summed E-state index contributed by atoms with van der Waals surface area (Å²) in [5, 5.41) is 10.2. The van der Waals surface area contributed by atoms with E-state index >= 15 is 0 Å². The lowest BCUT2D eigenvalue weighted by Gasteiger charge is -2.27. The molecule has 0 aliphatic heterocycles. The lowest BCUT2D eigenvalue weighted by Crippen LogP contribution is -2.50. The number of aromatic nitrogens is 2. The Kier molecular flexibility index (Phi) is 8.57. The number of rotatable bonds is 10. The number of aromatic amines is 1. The number of hydrogen-bond donors (Lipinski definition) is 2. The molecule has 1 heterocycles. The summed E-state index contributed by atoms with van der Waals surface area (Å²) in [6, 6.07) is 7.64. The molecule has 0 saturated heterocycles. The van der Waals surface area contributed by atoms with Gasteiger partial charge in [0.15, 0.2) is 0 Å². The van der Waals surface area contributed by atoms with Crippen molar-refractivity contribution in [3.63, 3.8) is 0 Å². The second-order valence-corrected chi connectivity index (χ2v) is 8.54. The zero-order chi connectivity index (χ0) is 22.3. The van der Waals surface area contributed by atoms with Crippen LogP contribution in [0.3, 0.4) is 0 Å². The molecule has 0 fully saturated rings. The van der Waals surface area contributed by atoms with Crippen LogP contribution in [0.2, 0.25) is 0 Å². The monoisotopic (exact) mass is 416 g/mol. The van der Waals surface area contributed by atoms with E-state index in [2.05, 4.69) is 15.5 Å². The van der Waals surface area contributed by atoms with Gasteiger partial charge >= 0.3 is 0 Å². The number of halogens is 1. The van der Waals surface area contributed by atoms with Crippen LogP contribution in [0.5, 0.6) is 0 Å². The minimum Gasteiger partial charge on any atom is -0.344 e. The third-order valence-corrected chi connectivity index (χ3v) is 4.93. The van der Waals surface area contributed by atoms with Crippen LogP contribution >= 0.6 is 0 Å². The largest absolute Gasteiger partial charge is 0.344 e. The van der Waals surface area contributed by atoms with Crippen LogP contribution in [0.15, 0.2) is 30.3 Å². The summed E-state index contributed by atoms with van der Waals surface area (Å²) in [7, 11) is 1.77. The first-order valence-corrected chi connectivity index (χ1v) is 10.5. The van der Waals surface area contributed by atoms with E-state index in [1.165, 1.54) is 12.1 Å². The van der Waals surface area contributed by atoms with Crippen molar-refractivity contribution in [2.75, 3.05) is 13.6 Å². The third-order valence-electron chi connectivity index (χ3n) is 4.93. The van der Waals surface area contributed by atoms with Gasteiger partial charge in [-0.25, -0.2) is 4.39 Å². The fraction of sp³-hybridized carbons (Fsp3) is 0.522. The van der Waals surface area contributed by atoms with Crippen LogP contribution < -0.4 is 5.32 Å². The van der Waals surface area contributed by atoms with Crippen molar-refractivity contribution in [2.24, 2.45) is 11.8 Å². The summed E-state index contributed by atoms with van der Waals surface area (Å²) < 4.78 is 13.1. The summed E-state index contributed by atoms with van der Waals surface area (Å²) in [5.74, 6) is -0.168. The van der Waals surface area contributed by atoms with E-state index < -0.39 is 6.04 Å². The molecule has 1 atom stereocenters. The van der Waals surface area contributed by atoms with Crippen molar-refractivity contribution < 1.29 is 14.0 Å². The molecule has 1 unspecified atom stereocenters. The molecule has 0 saturated carbocycles. The second-order valence-electron chi connectivity index (χ2n) is 8.54. The van der Waals surface area contributed by atoms with E-state index in [4.69, 9.17) is 0 Å². The quantitative estimate of drug-likeness (QED) is 0.618. The maximum Gasteiger partial charge on any atom is 0.245 e. The molecule has 1 aromatic heterocycles. The molecule has 2 amide bonds. The normalized spacial score (nSPS) is 12.3. The molecule has 2 rings (SSSR count). The number of benzene rings is 1. The van der Waals surface area contributed by atoms with Crippen molar-refractivity contribution in [2.45, 2.75) is 53.0 Å². The lowest BCUT2D eigenvalue weighted by atomic mass is 10.0. The fourth-order valence-electron chi connectivity index (χ4n) is 3.23. The van der Waals surface area contributed by atoms with Gasteiger partial charge in [-0.2, -0.15) is 5.10 Å². The average molecular weight is 417 g/mol. The Balaban J connectivity index is 1.86. The number of hydrogen-bond acceptors (Lipinski definition) is 3. The molecular weight excluding hydrogens is 383 g/mol. The SMILES string of the molecule is CC(C)CC(=O)NC(C(=O)N(C)CCCc1cc(-c2ccc(F)cc2)n[nH]1)C(C)C. The summed E-state index contributed by atoms with van der Waals surface area (Å²) in [5.41, 5.74) is 2.58. The highest BCUT2D eigenvalue weighted by atomic mass is 19.1. The summed E-state index contributed by atoms with van der Waals surface area (Å²) >= 11 is 0. The topological polar surface area (TPSA) is 78.1 Å². The van der Waals surface area contributed by atoms with Crippen molar-refractivity contribution in [1.29, 1.82) is 0 Å². The predicted octanol–water partition coefficient (Wildman–Crippen LogP) is 3.79. The van der Waals surface area contributed by atoms with Crippen molar-refractivity contribution in [3.05, 3.63) is 41.8 Å². The van der Waals surface area contributed by atoms with E-state index in [-0.39, 0.29) is 29.5 Å². The number of likely N-dealkylation sites (N-methyl/N-ethyl adjacent to an activating group) is 1. The smallest absolute Gasteiger partial charge is 0.245 e. The van der Waals surface area contributed by atoms with E-state index in [0.29, 0.717) is 13.0 Å². The molecule has 7 heteroatoms. The molecule has 30 heavy (non-hydrogen) atoms. The van der Waals surface area contributed by atoms with Crippen molar-refractivity contribution >= 4 is 11.8 Å². The number of nitrogens with one attached hydrogen (secondary N) is 2. The maximum absolute atomic E-state index is 13.1. The molecule has 0 aliphatic carbocycles. The molecule has 0 radical (unpaired) electrons. The number of carbonyl (C=O) groups excluding carboxylic acids is 2.